The lowest BCUT2D eigenvalue weighted by Gasteiger charge is -2.31. The Morgan fingerprint density at radius 1 is 1.39 bits per heavy atom. The van der Waals surface area contributed by atoms with Crippen LogP contribution >= 0.6 is 27.3 Å². The maximum atomic E-state index is 3.52. The van der Waals surface area contributed by atoms with Crippen LogP contribution in [0.1, 0.15) is 30.6 Å². The fraction of sp³-hybridized carbons (Fsp3) is 0.714. The molecule has 4 heteroatoms. The second-order valence-corrected chi connectivity index (χ2v) is 7.35. The molecule has 18 heavy (non-hydrogen) atoms. The van der Waals surface area contributed by atoms with Gasteiger partial charge in [-0.1, -0.05) is 0 Å². The Kier molecular flexibility index (Phi) is 5.67. The van der Waals surface area contributed by atoms with Crippen LogP contribution in [0.3, 0.4) is 0 Å². The molecule has 0 spiro atoms. The highest BCUT2D eigenvalue weighted by molar-refractivity contribution is 9.10. The summed E-state index contributed by atoms with van der Waals surface area (Å²) in [6.45, 7) is 2.33. The maximum Gasteiger partial charge on any atom is 0.0325 e. The fourth-order valence-electron chi connectivity index (χ4n) is 2.84. The standard InChI is InChI=1S/C14H23BrN2S/c1-16-13-5-3-11(4-6-13)8-17(2)9-14-7-12(15)10-18-14/h7,10-11,13,16H,3-6,8-9H2,1-2H3. The number of hydrogen-bond acceptors (Lipinski definition) is 3. The van der Waals surface area contributed by atoms with Crippen molar-refractivity contribution in [3.63, 3.8) is 0 Å². The van der Waals surface area contributed by atoms with Gasteiger partial charge in [0.1, 0.15) is 0 Å². The number of halogens is 1. The predicted octanol–water partition coefficient (Wildman–Crippen LogP) is 3.72. The van der Waals surface area contributed by atoms with Gasteiger partial charge in [-0.05, 0) is 67.7 Å². The monoisotopic (exact) mass is 330 g/mol. The van der Waals surface area contributed by atoms with Crippen LogP contribution in [-0.2, 0) is 6.54 Å². The Balaban J connectivity index is 1.73. The molecule has 1 aromatic heterocycles. The van der Waals surface area contributed by atoms with Crippen molar-refractivity contribution in [2.24, 2.45) is 5.92 Å². The minimum atomic E-state index is 0.764. The van der Waals surface area contributed by atoms with Gasteiger partial charge < -0.3 is 10.2 Å². The molecule has 0 atom stereocenters. The van der Waals surface area contributed by atoms with Crippen molar-refractivity contribution in [3.05, 3.63) is 20.8 Å². The molecule has 0 radical (unpaired) electrons. The zero-order valence-corrected chi connectivity index (χ0v) is 13.7. The average molecular weight is 331 g/mol. The van der Waals surface area contributed by atoms with Gasteiger partial charge in [0, 0.05) is 33.9 Å². The second-order valence-electron chi connectivity index (χ2n) is 5.43. The zero-order chi connectivity index (χ0) is 13.0. The third-order valence-corrected chi connectivity index (χ3v) is 5.55. The summed E-state index contributed by atoms with van der Waals surface area (Å²) in [6.07, 6.45) is 5.45. The van der Waals surface area contributed by atoms with E-state index in [9.17, 15) is 0 Å². The van der Waals surface area contributed by atoms with E-state index < -0.39 is 0 Å². The van der Waals surface area contributed by atoms with Crippen LogP contribution in [0, 0.1) is 5.92 Å². The summed E-state index contributed by atoms with van der Waals surface area (Å²) < 4.78 is 1.21. The molecule has 1 aliphatic carbocycles. The van der Waals surface area contributed by atoms with Gasteiger partial charge in [0.05, 0.1) is 0 Å². The molecule has 2 rings (SSSR count). The molecule has 1 aromatic rings. The predicted molar refractivity (Wildman–Crippen MR) is 83.2 cm³/mol. The van der Waals surface area contributed by atoms with Crippen molar-refractivity contribution in [1.82, 2.24) is 10.2 Å². The molecule has 1 heterocycles. The van der Waals surface area contributed by atoms with E-state index in [0.717, 1.165) is 18.5 Å². The summed E-state index contributed by atoms with van der Waals surface area (Å²) in [4.78, 5) is 3.93. The van der Waals surface area contributed by atoms with Gasteiger partial charge in [-0.2, -0.15) is 0 Å². The van der Waals surface area contributed by atoms with E-state index in [4.69, 9.17) is 0 Å². The van der Waals surface area contributed by atoms with Gasteiger partial charge in [0.25, 0.3) is 0 Å². The first-order valence-electron chi connectivity index (χ1n) is 6.76. The molecule has 1 aliphatic rings. The highest BCUT2D eigenvalue weighted by Gasteiger charge is 2.21. The smallest absolute Gasteiger partial charge is 0.0325 e. The van der Waals surface area contributed by atoms with E-state index in [0.29, 0.717) is 0 Å². The van der Waals surface area contributed by atoms with Crippen molar-refractivity contribution < 1.29 is 0 Å². The number of thiophene rings is 1. The zero-order valence-electron chi connectivity index (χ0n) is 11.3. The van der Waals surface area contributed by atoms with Gasteiger partial charge in [0.2, 0.25) is 0 Å². The summed E-state index contributed by atoms with van der Waals surface area (Å²) in [7, 11) is 4.34. The van der Waals surface area contributed by atoms with E-state index in [1.807, 2.05) is 11.3 Å². The Morgan fingerprint density at radius 2 is 2.11 bits per heavy atom. The highest BCUT2D eigenvalue weighted by Crippen LogP contribution is 2.26. The molecule has 0 bridgehead atoms. The van der Waals surface area contributed by atoms with Gasteiger partial charge in [-0.15, -0.1) is 11.3 Å². The summed E-state index contributed by atoms with van der Waals surface area (Å²) in [6, 6.07) is 3.00. The first kappa shape index (κ1) is 14.5. The Bertz CT molecular complexity index is 358. The van der Waals surface area contributed by atoms with Gasteiger partial charge >= 0.3 is 0 Å². The van der Waals surface area contributed by atoms with Crippen LogP contribution in [0.15, 0.2) is 15.9 Å². The summed E-state index contributed by atoms with van der Waals surface area (Å²) in [5.41, 5.74) is 0. The Hall–Kier alpha value is 0.1000. The lowest BCUT2D eigenvalue weighted by Crippen LogP contribution is -2.34. The Labute approximate surface area is 123 Å². The van der Waals surface area contributed by atoms with Gasteiger partial charge in [0.15, 0.2) is 0 Å². The molecular formula is C14H23BrN2S. The highest BCUT2D eigenvalue weighted by atomic mass is 79.9. The summed E-state index contributed by atoms with van der Waals surface area (Å²) in [5.74, 6) is 0.892. The van der Waals surface area contributed by atoms with E-state index in [1.54, 1.807) is 0 Å². The minimum absolute atomic E-state index is 0.764. The van der Waals surface area contributed by atoms with Crippen LogP contribution < -0.4 is 5.32 Å². The van der Waals surface area contributed by atoms with Crippen LogP contribution in [-0.4, -0.2) is 31.6 Å². The summed E-state index contributed by atoms with van der Waals surface area (Å²) in [5, 5.41) is 5.57. The fourth-order valence-corrected chi connectivity index (χ4v) is 4.37. The molecule has 1 fully saturated rings. The number of nitrogens with one attached hydrogen (secondary N) is 1. The second kappa shape index (κ2) is 7.04. The Morgan fingerprint density at radius 3 is 2.67 bits per heavy atom. The molecule has 102 valence electrons. The van der Waals surface area contributed by atoms with Gasteiger partial charge in [-0.3, -0.25) is 0 Å². The van der Waals surface area contributed by atoms with Crippen LogP contribution in [0.2, 0.25) is 0 Å². The molecule has 0 aliphatic heterocycles. The van der Waals surface area contributed by atoms with Crippen molar-refractivity contribution in [1.29, 1.82) is 0 Å². The van der Waals surface area contributed by atoms with E-state index in [-0.39, 0.29) is 0 Å². The lowest BCUT2D eigenvalue weighted by molar-refractivity contribution is 0.212. The third kappa shape index (κ3) is 4.34. The lowest BCUT2D eigenvalue weighted by atomic mass is 9.86. The molecule has 0 amide bonds. The van der Waals surface area contributed by atoms with E-state index >= 15 is 0 Å². The molecular weight excluding hydrogens is 308 g/mol. The first-order valence-corrected chi connectivity index (χ1v) is 8.43. The maximum absolute atomic E-state index is 3.52. The normalized spacial score (nSPS) is 24.7. The largest absolute Gasteiger partial charge is 0.317 e. The molecule has 0 unspecified atom stereocenters. The molecule has 2 nitrogen and oxygen atoms in total. The molecule has 0 aromatic carbocycles. The average Bonchev–Trinajstić information content (AvgIpc) is 2.75. The third-order valence-electron chi connectivity index (χ3n) is 3.87. The SMILES string of the molecule is CNC1CCC(CN(C)Cc2cc(Br)cs2)CC1. The van der Waals surface area contributed by atoms with Crippen molar-refractivity contribution in [2.75, 3.05) is 20.6 Å². The van der Waals surface area contributed by atoms with Gasteiger partial charge in [-0.25, -0.2) is 0 Å². The van der Waals surface area contributed by atoms with Crippen molar-refractivity contribution in [2.45, 2.75) is 38.3 Å². The summed E-state index contributed by atoms with van der Waals surface area (Å²) >= 11 is 5.37. The van der Waals surface area contributed by atoms with Crippen molar-refractivity contribution in [3.8, 4) is 0 Å². The first-order chi connectivity index (χ1) is 8.67. The number of hydrogen-bond donors (Lipinski definition) is 1. The van der Waals surface area contributed by atoms with Crippen LogP contribution in [0.25, 0.3) is 0 Å². The van der Waals surface area contributed by atoms with E-state index in [1.165, 1.54) is 41.6 Å². The topological polar surface area (TPSA) is 15.3 Å². The minimum Gasteiger partial charge on any atom is -0.317 e. The molecule has 1 N–H and O–H groups in total. The quantitative estimate of drug-likeness (QED) is 0.885. The van der Waals surface area contributed by atoms with Crippen LogP contribution in [0.5, 0.6) is 0 Å². The molecule has 0 saturated heterocycles. The van der Waals surface area contributed by atoms with E-state index in [2.05, 4.69) is 51.7 Å². The number of nitrogens with zero attached hydrogens (tertiary/aromatic N) is 1. The molecule has 1 saturated carbocycles. The van der Waals surface area contributed by atoms with Crippen molar-refractivity contribution >= 4 is 27.3 Å². The van der Waals surface area contributed by atoms with Crippen LogP contribution in [0.4, 0.5) is 0 Å². The number of rotatable bonds is 5.